The molecule has 0 aromatic heterocycles. The molecule has 0 radical (unpaired) electrons. The highest BCUT2D eigenvalue weighted by molar-refractivity contribution is 5.96. The Morgan fingerprint density at radius 1 is 0.971 bits per heavy atom. The highest BCUT2D eigenvalue weighted by Gasteiger charge is 2.33. The van der Waals surface area contributed by atoms with Crippen LogP contribution in [0.25, 0.3) is 0 Å². The van der Waals surface area contributed by atoms with E-state index in [4.69, 9.17) is 4.74 Å². The number of likely N-dealkylation sites (N-methyl/N-ethyl adjacent to an activating group) is 1. The van der Waals surface area contributed by atoms with Crippen molar-refractivity contribution >= 4 is 17.3 Å². The fourth-order valence-corrected chi connectivity index (χ4v) is 5.65. The van der Waals surface area contributed by atoms with Gasteiger partial charge in [0, 0.05) is 76.1 Å². The molecule has 1 N–H and O–H groups in total. The zero-order valence-corrected chi connectivity index (χ0v) is 20.3. The van der Waals surface area contributed by atoms with Crippen LogP contribution in [0.4, 0.5) is 11.4 Å². The third kappa shape index (κ3) is 4.85. The molecule has 6 heteroatoms. The topological polar surface area (TPSA) is 56.3 Å². The van der Waals surface area contributed by atoms with Gasteiger partial charge in [-0.15, -0.1) is 0 Å². The molecule has 34 heavy (non-hydrogen) atoms. The summed E-state index contributed by atoms with van der Waals surface area (Å²) >= 11 is 0. The predicted octanol–water partition coefficient (Wildman–Crippen LogP) is 3.42. The van der Waals surface area contributed by atoms with E-state index in [1.807, 2.05) is 29.2 Å². The molecule has 3 heterocycles. The van der Waals surface area contributed by atoms with Gasteiger partial charge in [0.25, 0.3) is 0 Å². The number of benzene rings is 2. The molecule has 2 aromatic carbocycles. The first-order chi connectivity index (χ1) is 16.5. The first kappa shape index (κ1) is 23.3. The number of hydrogen-bond donors (Lipinski definition) is 1. The van der Waals surface area contributed by atoms with Crippen LogP contribution in [0.3, 0.4) is 0 Å². The van der Waals surface area contributed by atoms with Gasteiger partial charge < -0.3 is 24.5 Å². The van der Waals surface area contributed by atoms with E-state index >= 15 is 0 Å². The van der Waals surface area contributed by atoms with Crippen molar-refractivity contribution in [1.82, 2.24) is 4.90 Å². The number of carbonyl (C=O) groups is 1. The first-order valence-electron chi connectivity index (χ1n) is 12.8. The number of amides is 1. The summed E-state index contributed by atoms with van der Waals surface area (Å²) in [6.45, 7) is 6.13. The van der Waals surface area contributed by atoms with Crippen molar-refractivity contribution in [3.05, 3.63) is 59.7 Å². The number of piperazine rings is 1. The Morgan fingerprint density at radius 2 is 1.68 bits per heavy atom. The number of rotatable bonds is 5. The molecule has 2 aromatic rings. The molecular weight excluding hydrogens is 426 g/mol. The van der Waals surface area contributed by atoms with Crippen molar-refractivity contribution in [2.45, 2.75) is 37.7 Å². The quantitative estimate of drug-likeness (QED) is 0.736. The smallest absolute Gasteiger partial charge is 0.230 e. The van der Waals surface area contributed by atoms with Crippen molar-refractivity contribution in [3.63, 3.8) is 0 Å². The number of hydrogen-bond acceptors (Lipinski definition) is 5. The van der Waals surface area contributed by atoms with E-state index in [-0.39, 0.29) is 11.8 Å². The fourth-order valence-electron chi connectivity index (χ4n) is 5.65. The minimum Gasteiger partial charge on any atom is -0.385 e. The molecule has 1 unspecified atom stereocenters. The lowest BCUT2D eigenvalue weighted by atomic mass is 9.86. The van der Waals surface area contributed by atoms with Gasteiger partial charge in [0.05, 0.1) is 5.60 Å². The van der Waals surface area contributed by atoms with E-state index in [1.54, 1.807) is 0 Å². The van der Waals surface area contributed by atoms with Gasteiger partial charge in [0.15, 0.2) is 0 Å². The molecule has 0 saturated carbocycles. The number of ether oxygens (including phenoxy) is 1. The van der Waals surface area contributed by atoms with E-state index < -0.39 is 5.60 Å². The maximum Gasteiger partial charge on any atom is 0.230 e. The SMILES string of the molecule is CN1CCN(c2ccccc2CC2CCCN(c3ccc(C4(O)CCOCC4)cc3)C2=O)CC1. The summed E-state index contributed by atoms with van der Waals surface area (Å²) in [6, 6.07) is 16.6. The van der Waals surface area contributed by atoms with Crippen LogP contribution in [0, 0.1) is 5.92 Å². The summed E-state index contributed by atoms with van der Waals surface area (Å²) in [5, 5.41) is 11.0. The van der Waals surface area contributed by atoms with Gasteiger partial charge in [0.1, 0.15) is 0 Å². The lowest BCUT2D eigenvalue weighted by Crippen LogP contribution is -2.45. The average Bonchev–Trinajstić information content (AvgIpc) is 2.87. The zero-order chi connectivity index (χ0) is 23.5. The van der Waals surface area contributed by atoms with Crippen LogP contribution in [-0.4, -0.2) is 68.9 Å². The van der Waals surface area contributed by atoms with E-state index in [9.17, 15) is 9.90 Å². The Balaban J connectivity index is 1.29. The van der Waals surface area contributed by atoms with Crippen LogP contribution in [-0.2, 0) is 21.6 Å². The summed E-state index contributed by atoms with van der Waals surface area (Å²) in [5.74, 6) is 0.221. The van der Waals surface area contributed by atoms with Gasteiger partial charge in [-0.1, -0.05) is 30.3 Å². The largest absolute Gasteiger partial charge is 0.385 e. The summed E-state index contributed by atoms with van der Waals surface area (Å²) in [4.78, 5) is 20.3. The minimum atomic E-state index is -0.821. The Kier molecular flexibility index (Phi) is 6.91. The van der Waals surface area contributed by atoms with Gasteiger partial charge in [-0.05, 0) is 55.6 Å². The maximum atomic E-state index is 13.6. The van der Waals surface area contributed by atoms with Crippen LogP contribution in [0.2, 0.25) is 0 Å². The van der Waals surface area contributed by atoms with Crippen molar-refractivity contribution in [2.75, 3.05) is 62.8 Å². The summed E-state index contributed by atoms with van der Waals surface area (Å²) in [5.41, 5.74) is 3.60. The van der Waals surface area contributed by atoms with E-state index in [0.717, 1.165) is 63.2 Å². The standard InChI is InChI=1S/C28H37N3O3/c1-29-15-17-30(18-16-29)26-7-3-2-5-22(26)21-23-6-4-14-31(27(23)32)25-10-8-24(9-11-25)28(33)12-19-34-20-13-28/h2-3,5,7-11,23,33H,4,6,12-21H2,1H3. The molecular formula is C28H37N3O3. The van der Waals surface area contributed by atoms with Crippen molar-refractivity contribution < 1.29 is 14.6 Å². The lowest BCUT2D eigenvalue weighted by molar-refractivity contribution is -0.123. The second-order valence-corrected chi connectivity index (χ2v) is 10.1. The molecule has 1 amide bonds. The van der Waals surface area contributed by atoms with E-state index in [1.165, 1.54) is 11.3 Å². The first-order valence-corrected chi connectivity index (χ1v) is 12.8. The molecule has 0 bridgehead atoms. The Hall–Kier alpha value is -2.41. The van der Waals surface area contributed by atoms with E-state index in [2.05, 4.69) is 41.1 Å². The van der Waals surface area contributed by atoms with Crippen LogP contribution < -0.4 is 9.80 Å². The molecule has 3 fully saturated rings. The lowest BCUT2D eigenvalue weighted by Gasteiger charge is -2.37. The Bertz CT molecular complexity index is 979. The molecule has 6 nitrogen and oxygen atoms in total. The predicted molar refractivity (Wildman–Crippen MR) is 135 cm³/mol. The molecule has 1 atom stereocenters. The number of carbonyl (C=O) groups excluding carboxylic acids is 1. The Morgan fingerprint density at radius 3 is 2.41 bits per heavy atom. The molecule has 0 spiro atoms. The minimum absolute atomic E-state index is 0.00159. The van der Waals surface area contributed by atoms with Gasteiger partial charge in [-0.25, -0.2) is 0 Å². The molecule has 5 rings (SSSR count). The van der Waals surface area contributed by atoms with Crippen molar-refractivity contribution in [3.8, 4) is 0 Å². The zero-order valence-electron chi connectivity index (χ0n) is 20.3. The number of aliphatic hydroxyl groups is 1. The van der Waals surface area contributed by atoms with Gasteiger partial charge >= 0.3 is 0 Å². The van der Waals surface area contributed by atoms with Crippen molar-refractivity contribution in [1.29, 1.82) is 0 Å². The Labute approximate surface area is 203 Å². The number of para-hydroxylation sites is 1. The van der Waals surface area contributed by atoms with Crippen LogP contribution in [0.1, 0.15) is 36.8 Å². The third-order valence-electron chi connectivity index (χ3n) is 7.89. The highest BCUT2D eigenvalue weighted by atomic mass is 16.5. The number of nitrogens with zero attached hydrogens (tertiary/aromatic N) is 3. The normalized spacial score (nSPS) is 23.8. The van der Waals surface area contributed by atoms with Crippen LogP contribution in [0.5, 0.6) is 0 Å². The summed E-state index contributed by atoms with van der Waals surface area (Å²) in [6.07, 6.45) is 3.96. The average molecular weight is 464 g/mol. The van der Waals surface area contributed by atoms with Gasteiger partial charge in [-0.2, -0.15) is 0 Å². The molecule has 0 aliphatic carbocycles. The second-order valence-electron chi connectivity index (χ2n) is 10.1. The van der Waals surface area contributed by atoms with Gasteiger partial charge in [-0.3, -0.25) is 4.79 Å². The summed E-state index contributed by atoms with van der Waals surface area (Å²) in [7, 11) is 2.18. The van der Waals surface area contributed by atoms with Gasteiger partial charge in [0.2, 0.25) is 5.91 Å². The highest BCUT2D eigenvalue weighted by Crippen LogP contribution is 2.35. The molecule has 3 aliphatic rings. The van der Waals surface area contributed by atoms with Crippen LogP contribution >= 0.6 is 0 Å². The molecule has 182 valence electrons. The third-order valence-corrected chi connectivity index (χ3v) is 7.89. The van der Waals surface area contributed by atoms with E-state index in [0.29, 0.717) is 26.1 Å². The summed E-state index contributed by atoms with van der Waals surface area (Å²) < 4.78 is 5.41. The fraction of sp³-hybridized carbons (Fsp3) is 0.536. The van der Waals surface area contributed by atoms with Crippen molar-refractivity contribution in [2.24, 2.45) is 5.92 Å². The number of anilines is 2. The second kappa shape index (κ2) is 10.1. The molecule has 3 saturated heterocycles. The molecule has 3 aliphatic heterocycles. The van der Waals surface area contributed by atoms with Crippen LogP contribution in [0.15, 0.2) is 48.5 Å². The number of piperidine rings is 1. The monoisotopic (exact) mass is 463 g/mol. The maximum absolute atomic E-state index is 13.6.